The van der Waals surface area contributed by atoms with Crippen molar-refractivity contribution >= 4 is 6.09 Å². The second-order valence-corrected chi connectivity index (χ2v) is 10.4. The number of amides is 1. The fourth-order valence-electron chi connectivity index (χ4n) is 4.06. The highest BCUT2D eigenvalue weighted by atomic mass is 16.6. The summed E-state index contributed by atoms with van der Waals surface area (Å²) < 4.78 is 11.4. The number of benzene rings is 2. The van der Waals surface area contributed by atoms with Crippen LogP contribution in [0.3, 0.4) is 0 Å². The molecule has 1 amide bonds. The minimum Gasteiger partial charge on any atom is -0.493 e. The van der Waals surface area contributed by atoms with Crippen LogP contribution in [0.25, 0.3) is 0 Å². The van der Waals surface area contributed by atoms with E-state index in [1.165, 1.54) is 16.7 Å². The lowest BCUT2D eigenvalue weighted by atomic mass is 10.0. The number of likely N-dealkylation sites (tertiary alicyclic amines) is 1. The first-order valence-corrected chi connectivity index (χ1v) is 12.1. The lowest BCUT2D eigenvalue weighted by Gasteiger charge is -2.26. The van der Waals surface area contributed by atoms with Crippen molar-refractivity contribution in [1.29, 1.82) is 0 Å². The van der Waals surface area contributed by atoms with Crippen molar-refractivity contribution in [2.45, 2.75) is 71.6 Å². The Hall–Kier alpha value is -2.53. The van der Waals surface area contributed by atoms with Gasteiger partial charge >= 0.3 is 6.09 Å². The normalized spacial score (nSPS) is 16.5. The summed E-state index contributed by atoms with van der Waals surface area (Å²) in [6.45, 7) is 13.1. The molecule has 3 rings (SSSR count). The summed E-state index contributed by atoms with van der Waals surface area (Å²) >= 11 is 0. The fraction of sp³-hybridized carbons (Fsp3) is 0.536. The number of likely N-dealkylation sites (N-methyl/N-ethyl adjacent to an activating group) is 1. The molecule has 0 spiro atoms. The highest BCUT2D eigenvalue weighted by Crippen LogP contribution is 2.21. The molecule has 0 bridgehead atoms. The lowest BCUT2D eigenvalue weighted by molar-refractivity contribution is 0.0282. The van der Waals surface area contributed by atoms with Crippen molar-refractivity contribution in [3.8, 4) is 5.75 Å². The van der Waals surface area contributed by atoms with Crippen molar-refractivity contribution in [2.24, 2.45) is 0 Å². The van der Waals surface area contributed by atoms with Gasteiger partial charge < -0.3 is 14.4 Å². The predicted octanol–water partition coefficient (Wildman–Crippen LogP) is 5.87. The van der Waals surface area contributed by atoms with Gasteiger partial charge in [0.25, 0.3) is 0 Å². The van der Waals surface area contributed by atoms with Crippen LogP contribution >= 0.6 is 0 Å². The Morgan fingerprint density at radius 2 is 1.70 bits per heavy atom. The summed E-state index contributed by atoms with van der Waals surface area (Å²) in [6.07, 6.45) is 1.65. The van der Waals surface area contributed by atoms with Crippen molar-refractivity contribution < 1.29 is 14.3 Å². The molecule has 2 aromatic rings. The predicted molar refractivity (Wildman–Crippen MR) is 134 cm³/mol. The van der Waals surface area contributed by atoms with Gasteiger partial charge in [0.1, 0.15) is 11.4 Å². The Bertz CT molecular complexity index is 885. The first-order valence-electron chi connectivity index (χ1n) is 12.1. The van der Waals surface area contributed by atoms with Crippen molar-refractivity contribution in [3.05, 3.63) is 65.2 Å². The summed E-state index contributed by atoms with van der Waals surface area (Å²) in [6, 6.07) is 17.5. The van der Waals surface area contributed by atoms with Crippen molar-refractivity contribution in [1.82, 2.24) is 9.80 Å². The Kier molecular flexibility index (Phi) is 8.41. The molecule has 180 valence electrons. The molecule has 1 heterocycles. The van der Waals surface area contributed by atoms with Gasteiger partial charge in [-0.15, -0.1) is 0 Å². The maximum atomic E-state index is 12.3. The topological polar surface area (TPSA) is 42.0 Å². The summed E-state index contributed by atoms with van der Waals surface area (Å²) in [7, 11) is 2.13. The molecule has 0 N–H and O–H groups in total. The fourth-order valence-corrected chi connectivity index (χ4v) is 4.06. The molecule has 1 atom stereocenters. The quantitative estimate of drug-likeness (QED) is 0.502. The van der Waals surface area contributed by atoms with Gasteiger partial charge in [-0.1, -0.05) is 50.2 Å². The Labute approximate surface area is 199 Å². The molecule has 1 aliphatic rings. The van der Waals surface area contributed by atoms with Gasteiger partial charge in [-0.05, 0) is 69.0 Å². The highest BCUT2D eigenvalue weighted by molar-refractivity contribution is 5.68. The molecule has 0 saturated carbocycles. The summed E-state index contributed by atoms with van der Waals surface area (Å²) in [5.41, 5.74) is 3.43. The van der Waals surface area contributed by atoms with E-state index in [4.69, 9.17) is 9.47 Å². The Balaban J connectivity index is 1.42. The third kappa shape index (κ3) is 7.78. The maximum absolute atomic E-state index is 12.3. The third-order valence-corrected chi connectivity index (χ3v) is 6.10. The molecule has 5 nitrogen and oxygen atoms in total. The van der Waals surface area contributed by atoms with E-state index in [2.05, 4.69) is 74.3 Å². The van der Waals surface area contributed by atoms with Gasteiger partial charge in [0, 0.05) is 32.1 Å². The van der Waals surface area contributed by atoms with E-state index < -0.39 is 5.60 Å². The van der Waals surface area contributed by atoms with E-state index in [9.17, 15) is 4.79 Å². The standard InChI is InChI=1S/C28H40N2O3/c1-21(2)24-11-13-26(14-12-24)32-18-16-22-7-9-23(10-8-22)19-29(6)25-15-17-30(20-25)27(31)33-28(3,4)5/h7-14,21,25H,15-20H2,1-6H3/t25-/m0/s1. The van der Waals surface area contributed by atoms with Crippen LogP contribution in [-0.4, -0.2) is 54.3 Å². The van der Waals surface area contributed by atoms with Gasteiger partial charge in [-0.3, -0.25) is 4.90 Å². The van der Waals surface area contributed by atoms with Crippen LogP contribution in [0.5, 0.6) is 5.75 Å². The second kappa shape index (κ2) is 11.1. The first kappa shape index (κ1) is 25.1. The van der Waals surface area contributed by atoms with Crippen LogP contribution in [0.1, 0.15) is 63.6 Å². The van der Waals surface area contributed by atoms with E-state index in [0.717, 1.165) is 38.2 Å². The summed E-state index contributed by atoms with van der Waals surface area (Å²) in [4.78, 5) is 16.5. The second-order valence-electron chi connectivity index (χ2n) is 10.4. The van der Waals surface area contributed by atoms with Gasteiger partial charge in [0.2, 0.25) is 0 Å². The van der Waals surface area contributed by atoms with E-state index in [1.54, 1.807) is 0 Å². The number of carbonyl (C=O) groups is 1. The molecule has 1 aliphatic heterocycles. The number of hydrogen-bond donors (Lipinski definition) is 0. The zero-order chi connectivity index (χ0) is 24.0. The number of hydrogen-bond acceptors (Lipinski definition) is 4. The maximum Gasteiger partial charge on any atom is 0.410 e. The van der Waals surface area contributed by atoms with Crippen LogP contribution < -0.4 is 4.74 Å². The minimum absolute atomic E-state index is 0.208. The van der Waals surface area contributed by atoms with E-state index >= 15 is 0 Å². The molecule has 0 aromatic heterocycles. The molecule has 2 aromatic carbocycles. The summed E-state index contributed by atoms with van der Waals surface area (Å²) in [5, 5.41) is 0. The molecular formula is C28H40N2O3. The number of carbonyl (C=O) groups excluding carboxylic acids is 1. The van der Waals surface area contributed by atoms with E-state index in [0.29, 0.717) is 18.6 Å². The van der Waals surface area contributed by atoms with Crippen LogP contribution in [0.15, 0.2) is 48.5 Å². The first-order chi connectivity index (χ1) is 15.6. The van der Waals surface area contributed by atoms with Crippen LogP contribution in [0, 0.1) is 0 Å². The zero-order valence-electron chi connectivity index (χ0n) is 21.1. The minimum atomic E-state index is -0.452. The van der Waals surface area contributed by atoms with Gasteiger partial charge in [0.05, 0.1) is 6.61 Å². The number of nitrogens with zero attached hydrogens (tertiary/aromatic N) is 2. The molecule has 33 heavy (non-hydrogen) atoms. The van der Waals surface area contributed by atoms with Crippen LogP contribution in [0.4, 0.5) is 4.79 Å². The molecule has 5 heteroatoms. The third-order valence-electron chi connectivity index (χ3n) is 6.10. The monoisotopic (exact) mass is 452 g/mol. The molecule has 0 unspecified atom stereocenters. The van der Waals surface area contributed by atoms with Crippen LogP contribution in [0.2, 0.25) is 0 Å². The SMILES string of the molecule is CC(C)c1ccc(OCCc2ccc(CN(C)[C@H]3CCN(C(=O)OC(C)(C)C)C3)cc2)cc1. The molecule has 1 saturated heterocycles. The average molecular weight is 453 g/mol. The molecule has 0 radical (unpaired) electrons. The molecule has 1 fully saturated rings. The zero-order valence-corrected chi connectivity index (χ0v) is 21.1. The smallest absolute Gasteiger partial charge is 0.410 e. The largest absolute Gasteiger partial charge is 0.493 e. The Morgan fingerprint density at radius 3 is 2.30 bits per heavy atom. The number of ether oxygens (including phenoxy) is 2. The van der Waals surface area contributed by atoms with E-state index in [-0.39, 0.29) is 6.09 Å². The van der Waals surface area contributed by atoms with Gasteiger partial charge in [0.15, 0.2) is 0 Å². The van der Waals surface area contributed by atoms with Gasteiger partial charge in [-0.25, -0.2) is 4.79 Å². The average Bonchev–Trinajstić information content (AvgIpc) is 3.25. The van der Waals surface area contributed by atoms with Crippen molar-refractivity contribution in [3.63, 3.8) is 0 Å². The van der Waals surface area contributed by atoms with Crippen LogP contribution in [-0.2, 0) is 17.7 Å². The van der Waals surface area contributed by atoms with Gasteiger partial charge in [-0.2, -0.15) is 0 Å². The number of rotatable bonds is 8. The highest BCUT2D eigenvalue weighted by Gasteiger charge is 2.31. The van der Waals surface area contributed by atoms with E-state index in [1.807, 2.05) is 25.7 Å². The summed E-state index contributed by atoms with van der Waals surface area (Å²) in [5.74, 6) is 1.46. The molecular weight excluding hydrogens is 412 g/mol. The Morgan fingerprint density at radius 1 is 1.06 bits per heavy atom. The molecule has 0 aliphatic carbocycles. The lowest BCUT2D eigenvalue weighted by Crippen LogP contribution is -2.38. The van der Waals surface area contributed by atoms with Crippen molar-refractivity contribution in [2.75, 3.05) is 26.7 Å².